The highest BCUT2D eigenvalue weighted by Gasteiger charge is 2.32. The van der Waals surface area contributed by atoms with Crippen LogP contribution in [0.4, 0.5) is 0 Å². The van der Waals surface area contributed by atoms with Crippen LogP contribution in [0.1, 0.15) is 32.3 Å². The molecule has 34 heavy (non-hydrogen) atoms. The predicted molar refractivity (Wildman–Crippen MR) is 127 cm³/mol. The summed E-state index contributed by atoms with van der Waals surface area (Å²) < 4.78 is 21.5. The van der Waals surface area contributed by atoms with E-state index in [1.165, 1.54) is 7.11 Å². The molecule has 0 radical (unpaired) electrons. The zero-order valence-electron chi connectivity index (χ0n) is 20.2. The van der Waals surface area contributed by atoms with Crippen LogP contribution in [-0.2, 0) is 34.9 Å². The van der Waals surface area contributed by atoms with Gasteiger partial charge < -0.3 is 35.2 Å². The number of ether oxygens (including phenoxy) is 3. The highest BCUT2D eigenvalue weighted by Crippen LogP contribution is 2.19. The molecule has 0 aromatic heterocycles. The molecule has 4 N–H and O–H groups in total. The summed E-state index contributed by atoms with van der Waals surface area (Å²) in [7, 11) is 1.35. The molecule has 3 atom stereocenters. The molecule has 10 nitrogen and oxygen atoms in total. The van der Waals surface area contributed by atoms with Crippen molar-refractivity contribution in [2.24, 2.45) is 11.7 Å². The number of nitrogens with two attached hydrogens (primary N) is 1. The van der Waals surface area contributed by atoms with Gasteiger partial charge in [0.05, 0.1) is 27.1 Å². The van der Waals surface area contributed by atoms with E-state index in [2.05, 4.69) is 10.6 Å². The summed E-state index contributed by atoms with van der Waals surface area (Å²) in [5.41, 5.74) is 6.40. The lowest BCUT2D eigenvalue weighted by Gasteiger charge is -2.26. The summed E-state index contributed by atoms with van der Waals surface area (Å²) in [6, 6.07) is 5.69. The number of benzene rings is 1. The summed E-state index contributed by atoms with van der Waals surface area (Å²) in [5.74, 6) is -1.51. The number of nitrogens with one attached hydrogen (secondary N) is 2. The molecule has 1 aromatic rings. The Morgan fingerprint density at radius 1 is 1.15 bits per heavy atom. The van der Waals surface area contributed by atoms with Crippen LogP contribution >= 0.6 is 0 Å². The molecular weight excluding hydrogens is 441 g/mol. The number of rotatable bonds is 5. The first-order valence-corrected chi connectivity index (χ1v) is 11.6. The van der Waals surface area contributed by atoms with E-state index in [1.807, 2.05) is 38.1 Å². The van der Waals surface area contributed by atoms with Gasteiger partial charge in [-0.3, -0.25) is 9.59 Å². The molecule has 2 bridgehead atoms. The van der Waals surface area contributed by atoms with E-state index in [4.69, 9.17) is 24.6 Å². The average molecular weight is 477 g/mol. The molecule has 11 heteroatoms. The molecule has 2 amide bonds. The number of carbonyl (C=O) groups excluding carboxylic acids is 3. The molecule has 2 heterocycles. The Morgan fingerprint density at radius 3 is 2.50 bits per heavy atom. The Hall–Kier alpha value is -2.63. The van der Waals surface area contributed by atoms with E-state index in [1.54, 1.807) is 0 Å². The average Bonchev–Trinajstić information content (AvgIpc) is 2.83. The fourth-order valence-electron chi connectivity index (χ4n) is 3.52. The number of carbonyl (C=O) groups is 3. The minimum absolute atomic E-state index is 0.0224. The van der Waals surface area contributed by atoms with Crippen LogP contribution in [0.2, 0.25) is 5.82 Å². The van der Waals surface area contributed by atoms with Crippen molar-refractivity contribution in [3.05, 3.63) is 29.8 Å². The molecule has 188 valence electrons. The molecule has 1 aromatic carbocycles. The molecule has 0 unspecified atom stereocenters. The van der Waals surface area contributed by atoms with Gasteiger partial charge in [0.25, 0.3) is 7.48 Å². The zero-order valence-corrected chi connectivity index (χ0v) is 20.2. The van der Waals surface area contributed by atoms with E-state index in [-0.39, 0.29) is 32.6 Å². The standard InChI is InChI=1S/C23H36BN3O7/c1-15(2)20-22(29)26-19(23(30)31-3)13-32-10-4-5-11-33-17-8-6-16(7-9-17)12-18(21(28)27-20)24-34-14-25/h6-9,15,18-20,24H,4-5,10-14,25H2,1-3H3,(H,26,29)(H,27,28)/t18-,19-,20-/m0/s1. The van der Waals surface area contributed by atoms with Crippen LogP contribution in [0.15, 0.2) is 24.3 Å². The van der Waals surface area contributed by atoms with E-state index in [9.17, 15) is 14.4 Å². The maximum absolute atomic E-state index is 13.1. The second-order valence-corrected chi connectivity index (χ2v) is 8.53. The lowest BCUT2D eigenvalue weighted by atomic mass is 9.75. The van der Waals surface area contributed by atoms with Gasteiger partial charge in [0.15, 0.2) is 6.04 Å². The topological polar surface area (TPSA) is 138 Å². The van der Waals surface area contributed by atoms with Gasteiger partial charge in [0.2, 0.25) is 11.8 Å². The van der Waals surface area contributed by atoms with Crippen molar-refractivity contribution in [1.82, 2.24) is 10.6 Å². The van der Waals surface area contributed by atoms with Crippen molar-refractivity contribution in [2.45, 2.75) is 51.0 Å². The minimum atomic E-state index is -0.985. The van der Waals surface area contributed by atoms with Crippen LogP contribution in [0.5, 0.6) is 5.75 Å². The maximum Gasteiger partial charge on any atom is 0.330 e. The summed E-state index contributed by atoms with van der Waals surface area (Å²) in [4.78, 5) is 38.4. The number of fused-ring (bicyclic) bond motifs is 16. The highest BCUT2D eigenvalue weighted by atomic mass is 16.5. The van der Waals surface area contributed by atoms with Gasteiger partial charge in [-0.05, 0) is 42.9 Å². The minimum Gasteiger partial charge on any atom is -0.494 e. The predicted octanol–water partition coefficient (Wildman–Crippen LogP) is 0.290. The summed E-state index contributed by atoms with van der Waals surface area (Å²) in [5, 5.41) is 5.48. The zero-order chi connectivity index (χ0) is 24.9. The lowest BCUT2D eigenvalue weighted by Crippen LogP contribution is -2.55. The number of amides is 2. The summed E-state index contributed by atoms with van der Waals surface area (Å²) >= 11 is 0. The monoisotopic (exact) mass is 477 g/mol. The van der Waals surface area contributed by atoms with Crippen LogP contribution in [0, 0.1) is 5.92 Å². The molecule has 0 fully saturated rings. The molecule has 2 aliphatic rings. The van der Waals surface area contributed by atoms with Crippen molar-refractivity contribution >= 4 is 25.3 Å². The van der Waals surface area contributed by atoms with Crippen LogP contribution in [0.25, 0.3) is 0 Å². The largest absolute Gasteiger partial charge is 0.494 e. The van der Waals surface area contributed by atoms with Gasteiger partial charge in [0.1, 0.15) is 11.8 Å². The Balaban J connectivity index is 2.26. The van der Waals surface area contributed by atoms with E-state index >= 15 is 0 Å². The van der Waals surface area contributed by atoms with Gasteiger partial charge in [-0.2, -0.15) is 0 Å². The number of methoxy groups -OCH3 is 1. The normalized spacial score (nSPS) is 23.0. The fraction of sp³-hybridized carbons (Fsp3) is 0.609. The number of hydrogen-bond acceptors (Lipinski definition) is 8. The molecule has 0 spiro atoms. The molecule has 0 aliphatic carbocycles. The van der Waals surface area contributed by atoms with Crippen LogP contribution in [0.3, 0.4) is 0 Å². The smallest absolute Gasteiger partial charge is 0.330 e. The Kier molecular flexibility index (Phi) is 11.9. The summed E-state index contributed by atoms with van der Waals surface area (Å²) in [6.45, 7) is 4.49. The SMILES string of the molecule is COC(=O)[C@@H]1COCCCCOc2ccc(cc2)C[C@H](BOCN)C(=O)N[C@@H](C(C)C)C(=O)N1. The third kappa shape index (κ3) is 8.96. The second-order valence-electron chi connectivity index (χ2n) is 8.53. The first kappa shape index (κ1) is 27.6. The van der Waals surface area contributed by atoms with E-state index < -0.39 is 29.8 Å². The van der Waals surface area contributed by atoms with Crippen molar-refractivity contribution in [1.29, 1.82) is 0 Å². The highest BCUT2D eigenvalue weighted by molar-refractivity contribution is 6.37. The molecule has 3 rings (SSSR count). The van der Waals surface area contributed by atoms with Crippen molar-refractivity contribution in [2.75, 3.05) is 33.7 Å². The Bertz CT molecular complexity index is 791. The summed E-state index contributed by atoms with van der Waals surface area (Å²) in [6.07, 6.45) is 1.90. The maximum atomic E-state index is 13.1. The quantitative estimate of drug-likeness (QED) is 0.238. The number of hydrogen-bond donors (Lipinski definition) is 3. The number of esters is 1. The van der Waals surface area contributed by atoms with Crippen LogP contribution in [-0.4, -0.2) is 71.0 Å². The second kappa shape index (κ2) is 14.6. The van der Waals surface area contributed by atoms with Gasteiger partial charge in [-0.1, -0.05) is 26.0 Å². The van der Waals surface area contributed by atoms with E-state index in [0.717, 1.165) is 24.2 Å². The first-order valence-electron chi connectivity index (χ1n) is 11.6. The molecule has 0 saturated carbocycles. The third-order valence-electron chi connectivity index (χ3n) is 5.50. The van der Waals surface area contributed by atoms with Gasteiger partial charge in [0, 0.05) is 12.4 Å². The van der Waals surface area contributed by atoms with Gasteiger partial charge in [-0.25, -0.2) is 4.79 Å². The van der Waals surface area contributed by atoms with Crippen molar-refractivity contribution < 1.29 is 33.2 Å². The van der Waals surface area contributed by atoms with Crippen molar-refractivity contribution in [3.63, 3.8) is 0 Å². The Morgan fingerprint density at radius 2 is 1.85 bits per heavy atom. The molecular formula is C23H36BN3O7. The molecule has 2 aliphatic heterocycles. The van der Waals surface area contributed by atoms with Gasteiger partial charge in [-0.15, -0.1) is 0 Å². The Labute approximate surface area is 201 Å². The molecule has 0 saturated heterocycles. The van der Waals surface area contributed by atoms with E-state index in [0.29, 0.717) is 19.6 Å². The lowest BCUT2D eigenvalue weighted by molar-refractivity contribution is -0.147. The van der Waals surface area contributed by atoms with Gasteiger partial charge >= 0.3 is 5.97 Å². The first-order chi connectivity index (χ1) is 16.3. The third-order valence-corrected chi connectivity index (χ3v) is 5.50. The van der Waals surface area contributed by atoms with Crippen LogP contribution < -0.4 is 21.1 Å². The fourth-order valence-corrected chi connectivity index (χ4v) is 3.52. The van der Waals surface area contributed by atoms with Crippen molar-refractivity contribution in [3.8, 4) is 5.75 Å².